The number of aromatic nitrogens is 3. The molecule has 178 valence electrons. The van der Waals surface area contributed by atoms with E-state index < -0.39 is 28.7 Å². The molecule has 0 radical (unpaired) electrons. The molecule has 5 nitrogen and oxygen atoms in total. The number of carbonyl (C=O) groups excluding carboxylic acids is 1. The van der Waals surface area contributed by atoms with Crippen LogP contribution in [0, 0.1) is 6.92 Å². The van der Waals surface area contributed by atoms with E-state index in [4.69, 9.17) is 11.6 Å². The number of benzene rings is 1. The van der Waals surface area contributed by atoms with Gasteiger partial charge >= 0.3 is 6.18 Å². The summed E-state index contributed by atoms with van der Waals surface area (Å²) in [5, 5.41) is -0.582. The Bertz CT molecular complexity index is 1220. The first-order chi connectivity index (χ1) is 16.1. The molecule has 1 aliphatic rings. The lowest BCUT2D eigenvalue weighted by molar-refractivity contribution is -0.137. The molecular weight excluding hydrogens is 465 g/mol. The average molecular weight is 489 g/mol. The molecule has 34 heavy (non-hydrogen) atoms. The monoisotopic (exact) mass is 488 g/mol. The Morgan fingerprint density at radius 1 is 1.18 bits per heavy atom. The van der Waals surface area contributed by atoms with Gasteiger partial charge in [0, 0.05) is 17.8 Å². The van der Waals surface area contributed by atoms with Gasteiger partial charge in [-0.05, 0) is 51.0 Å². The first-order valence-corrected chi connectivity index (χ1v) is 11.5. The maximum Gasteiger partial charge on any atom is 0.417 e. The molecule has 3 heterocycles. The van der Waals surface area contributed by atoms with Gasteiger partial charge in [0.15, 0.2) is 0 Å². The summed E-state index contributed by atoms with van der Waals surface area (Å²) in [4.78, 5) is 29.0. The summed E-state index contributed by atoms with van der Waals surface area (Å²) in [6.45, 7) is 5.62. The third-order valence-corrected chi connectivity index (χ3v) is 6.50. The van der Waals surface area contributed by atoms with Crippen molar-refractivity contribution in [2.24, 2.45) is 0 Å². The van der Waals surface area contributed by atoms with Gasteiger partial charge in [0.05, 0.1) is 39.3 Å². The molecule has 2 aromatic heterocycles. The highest BCUT2D eigenvalue weighted by molar-refractivity contribution is 6.34. The molecular formula is C25H24ClF3N4O. The number of halogens is 4. The largest absolute Gasteiger partial charge is 0.417 e. The number of nitrogens with zero attached hydrogens (tertiary/aromatic N) is 4. The molecule has 0 saturated heterocycles. The summed E-state index contributed by atoms with van der Waals surface area (Å²) >= 11 is 6.11. The molecule has 0 unspecified atom stereocenters. The van der Waals surface area contributed by atoms with Crippen LogP contribution in [0.15, 0.2) is 42.6 Å². The number of hydrogen-bond acceptors (Lipinski definition) is 4. The topological polar surface area (TPSA) is 59.0 Å². The van der Waals surface area contributed by atoms with Crippen molar-refractivity contribution in [3.63, 3.8) is 0 Å². The quantitative estimate of drug-likeness (QED) is 0.423. The van der Waals surface area contributed by atoms with Crippen LogP contribution in [-0.4, -0.2) is 31.8 Å². The van der Waals surface area contributed by atoms with Crippen molar-refractivity contribution < 1.29 is 18.0 Å². The molecule has 2 atom stereocenters. The average Bonchev–Trinajstić information content (AvgIpc) is 2.79. The summed E-state index contributed by atoms with van der Waals surface area (Å²) in [5.74, 6) is -0.00644. The fourth-order valence-electron chi connectivity index (χ4n) is 4.63. The SMILES string of the molecule is CCC[C@@H]1Cc2c(-c3ccccn3)nc(C)nc2[C@@H](C)N1C(=O)c1cccc(C(F)(F)F)c1Cl. The third kappa shape index (κ3) is 4.39. The second kappa shape index (κ2) is 9.33. The predicted octanol–water partition coefficient (Wildman–Crippen LogP) is 6.45. The van der Waals surface area contributed by atoms with E-state index in [2.05, 4.69) is 15.0 Å². The minimum Gasteiger partial charge on any atom is -0.327 e. The zero-order chi connectivity index (χ0) is 24.6. The zero-order valence-electron chi connectivity index (χ0n) is 19.0. The van der Waals surface area contributed by atoms with Crippen molar-refractivity contribution in [1.29, 1.82) is 0 Å². The van der Waals surface area contributed by atoms with Crippen LogP contribution in [0.25, 0.3) is 11.4 Å². The number of fused-ring (bicyclic) bond motifs is 1. The smallest absolute Gasteiger partial charge is 0.327 e. The zero-order valence-corrected chi connectivity index (χ0v) is 19.8. The molecule has 1 amide bonds. The minimum absolute atomic E-state index is 0.163. The summed E-state index contributed by atoms with van der Waals surface area (Å²) in [5.41, 5.74) is 1.84. The van der Waals surface area contributed by atoms with E-state index in [1.807, 2.05) is 32.0 Å². The number of aryl methyl sites for hydroxylation is 1. The molecule has 1 aromatic carbocycles. The second-order valence-electron chi connectivity index (χ2n) is 8.40. The lowest BCUT2D eigenvalue weighted by Gasteiger charge is -2.42. The predicted molar refractivity (Wildman–Crippen MR) is 123 cm³/mol. The Labute approximate surface area is 201 Å². The number of carbonyl (C=O) groups is 1. The molecule has 0 N–H and O–H groups in total. The van der Waals surface area contributed by atoms with Crippen molar-refractivity contribution in [3.8, 4) is 11.4 Å². The first-order valence-electron chi connectivity index (χ1n) is 11.1. The van der Waals surface area contributed by atoms with Crippen LogP contribution >= 0.6 is 11.6 Å². The van der Waals surface area contributed by atoms with Gasteiger partial charge in [-0.3, -0.25) is 9.78 Å². The van der Waals surface area contributed by atoms with Gasteiger partial charge in [0.2, 0.25) is 0 Å². The van der Waals surface area contributed by atoms with Crippen molar-refractivity contribution >= 4 is 17.5 Å². The molecule has 1 aliphatic heterocycles. The van der Waals surface area contributed by atoms with E-state index >= 15 is 0 Å². The molecule has 4 rings (SSSR count). The van der Waals surface area contributed by atoms with E-state index in [9.17, 15) is 18.0 Å². The number of hydrogen-bond donors (Lipinski definition) is 0. The second-order valence-corrected chi connectivity index (χ2v) is 8.78. The lowest BCUT2D eigenvalue weighted by Crippen LogP contribution is -2.47. The lowest BCUT2D eigenvalue weighted by atomic mass is 9.87. The van der Waals surface area contributed by atoms with Crippen molar-refractivity contribution in [2.45, 2.75) is 58.3 Å². The summed E-state index contributed by atoms with van der Waals surface area (Å²) in [6, 6.07) is 8.29. The van der Waals surface area contributed by atoms with Crippen LogP contribution in [0.2, 0.25) is 5.02 Å². The van der Waals surface area contributed by atoms with Crippen LogP contribution in [-0.2, 0) is 12.6 Å². The number of amides is 1. The highest BCUT2D eigenvalue weighted by Gasteiger charge is 2.40. The molecule has 9 heteroatoms. The molecule has 3 aromatic rings. The van der Waals surface area contributed by atoms with Gasteiger partial charge in [-0.25, -0.2) is 9.97 Å². The standard InChI is InChI=1S/C25H24ClF3N4O/c1-4-8-16-13-18-22(31-15(3)32-23(18)20-11-5-6-12-30-20)14(2)33(16)24(34)17-9-7-10-19(21(17)26)25(27,28)29/h5-7,9-12,14,16H,4,8,13H2,1-3H3/t14-,16-/m1/s1. The molecule has 0 bridgehead atoms. The molecule has 0 fully saturated rings. The summed E-state index contributed by atoms with van der Waals surface area (Å²) in [7, 11) is 0. The van der Waals surface area contributed by atoms with Crippen molar-refractivity contribution in [3.05, 3.63) is 75.8 Å². The van der Waals surface area contributed by atoms with Gasteiger partial charge in [-0.15, -0.1) is 0 Å². The molecule has 0 spiro atoms. The fourth-order valence-corrected chi connectivity index (χ4v) is 4.95. The maximum atomic E-state index is 13.7. The van der Waals surface area contributed by atoms with E-state index in [-0.39, 0.29) is 11.6 Å². The van der Waals surface area contributed by atoms with Gasteiger partial charge in [0.1, 0.15) is 5.82 Å². The third-order valence-electron chi connectivity index (χ3n) is 6.10. The van der Waals surface area contributed by atoms with Crippen LogP contribution < -0.4 is 0 Å². The molecule has 0 saturated carbocycles. The number of rotatable bonds is 4. The molecule has 0 aliphatic carbocycles. The van der Waals surface area contributed by atoms with Gasteiger partial charge in [0.25, 0.3) is 5.91 Å². The summed E-state index contributed by atoms with van der Waals surface area (Å²) < 4.78 is 40.3. The summed E-state index contributed by atoms with van der Waals surface area (Å²) in [6.07, 6.45) is -1.03. The highest BCUT2D eigenvalue weighted by atomic mass is 35.5. The minimum atomic E-state index is -4.65. The number of alkyl halides is 3. The van der Waals surface area contributed by atoms with Crippen LogP contribution in [0.5, 0.6) is 0 Å². The normalized spacial score (nSPS) is 18.0. The van der Waals surface area contributed by atoms with Crippen LogP contribution in [0.4, 0.5) is 13.2 Å². The van der Waals surface area contributed by atoms with E-state index in [1.165, 1.54) is 12.1 Å². The Kier molecular flexibility index (Phi) is 6.62. The van der Waals surface area contributed by atoms with Crippen molar-refractivity contribution in [2.75, 3.05) is 0 Å². The van der Waals surface area contributed by atoms with E-state index in [0.717, 1.165) is 23.7 Å². The van der Waals surface area contributed by atoms with Gasteiger partial charge in [-0.2, -0.15) is 13.2 Å². The first kappa shape index (κ1) is 24.1. The van der Waals surface area contributed by atoms with E-state index in [1.54, 1.807) is 18.0 Å². The fraction of sp³-hybridized carbons (Fsp3) is 0.360. The van der Waals surface area contributed by atoms with Crippen molar-refractivity contribution in [1.82, 2.24) is 19.9 Å². The Balaban J connectivity index is 1.83. The van der Waals surface area contributed by atoms with Crippen LogP contribution in [0.1, 0.15) is 65.7 Å². The maximum absolute atomic E-state index is 13.7. The van der Waals surface area contributed by atoms with Gasteiger partial charge in [-0.1, -0.05) is 37.1 Å². The van der Waals surface area contributed by atoms with Gasteiger partial charge < -0.3 is 4.90 Å². The van der Waals surface area contributed by atoms with Crippen LogP contribution in [0.3, 0.4) is 0 Å². The Hall–Kier alpha value is -3.00. The number of pyridine rings is 1. The Morgan fingerprint density at radius 2 is 1.94 bits per heavy atom. The Morgan fingerprint density at radius 3 is 2.59 bits per heavy atom. The van der Waals surface area contributed by atoms with E-state index in [0.29, 0.717) is 30.1 Å². The highest BCUT2D eigenvalue weighted by Crippen LogP contribution is 2.41.